The molecular formula is C35H61N5O12. The average molecular weight is 744 g/mol. The maximum Gasteiger partial charge on any atom is 0.326 e. The summed E-state index contributed by atoms with van der Waals surface area (Å²) in [6.45, 7) is 0. The third kappa shape index (κ3) is 27.4. The zero-order chi connectivity index (χ0) is 39.1. The van der Waals surface area contributed by atoms with E-state index >= 15 is 0 Å². The van der Waals surface area contributed by atoms with Gasteiger partial charge in [0, 0.05) is 32.1 Å². The van der Waals surface area contributed by atoms with Crippen molar-refractivity contribution < 1.29 is 58.8 Å². The molecule has 0 aromatic rings. The fourth-order valence-electron chi connectivity index (χ4n) is 5.51. The molecule has 0 aromatic carbocycles. The lowest BCUT2D eigenvalue weighted by atomic mass is 10.0. The number of carbonyl (C=O) groups is 8. The van der Waals surface area contributed by atoms with E-state index in [-0.39, 0.29) is 38.5 Å². The summed E-state index contributed by atoms with van der Waals surface area (Å²) >= 11 is 0. The number of carboxylic acid groups (broad SMARTS) is 4. The molecule has 0 bridgehead atoms. The van der Waals surface area contributed by atoms with E-state index in [4.69, 9.17) is 10.9 Å². The number of nitrogens with two attached hydrogens (primary N) is 1. The first kappa shape index (κ1) is 47.7. The SMILES string of the molecule is NNC(=O)CC[C@H](NC(=O)CC[C@H](NC(=O)CC[C@H](NC(=O)CCCCCCCCCCCCCCCCCCC(=O)O)C(=O)O)C(=O)O)C(=O)O. The van der Waals surface area contributed by atoms with Crippen molar-refractivity contribution in [3.8, 4) is 0 Å². The van der Waals surface area contributed by atoms with Crippen molar-refractivity contribution in [3.63, 3.8) is 0 Å². The quantitative estimate of drug-likeness (QED) is 0.0198. The zero-order valence-electron chi connectivity index (χ0n) is 30.3. The van der Waals surface area contributed by atoms with Gasteiger partial charge in [-0.05, 0) is 32.1 Å². The highest BCUT2D eigenvalue weighted by Crippen LogP contribution is 2.14. The predicted octanol–water partition coefficient (Wildman–Crippen LogP) is 3.13. The fourth-order valence-corrected chi connectivity index (χ4v) is 5.51. The Balaban J connectivity index is 4.17. The minimum absolute atomic E-state index is 0.143. The van der Waals surface area contributed by atoms with Gasteiger partial charge in [0.1, 0.15) is 18.1 Å². The van der Waals surface area contributed by atoms with E-state index in [1.165, 1.54) is 51.4 Å². The van der Waals surface area contributed by atoms with Crippen LogP contribution in [0.5, 0.6) is 0 Å². The topological polar surface area (TPSA) is 292 Å². The predicted molar refractivity (Wildman–Crippen MR) is 189 cm³/mol. The van der Waals surface area contributed by atoms with E-state index in [2.05, 4.69) is 16.0 Å². The van der Waals surface area contributed by atoms with Crippen LogP contribution in [0.25, 0.3) is 0 Å². The van der Waals surface area contributed by atoms with Crippen LogP contribution in [0.1, 0.15) is 154 Å². The van der Waals surface area contributed by atoms with E-state index in [9.17, 15) is 53.7 Å². The number of unbranched alkanes of at least 4 members (excludes halogenated alkanes) is 15. The van der Waals surface area contributed by atoms with Crippen LogP contribution in [-0.2, 0) is 38.4 Å². The number of carboxylic acids is 4. The molecule has 0 radical (unpaired) electrons. The minimum atomic E-state index is -1.52. The monoisotopic (exact) mass is 743 g/mol. The number of aliphatic carboxylic acids is 4. The zero-order valence-corrected chi connectivity index (χ0v) is 30.3. The Morgan fingerprint density at radius 1 is 0.365 bits per heavy atom. The first-order valence-corrected chi connectivity index (χ1v) is 18.5. The summed E-state index contributed by atoms with van der Waals surface area (Å²) in [5.74, 6) is -2.69. The molecule has 17 nitrogen and oxygen atoms in total. The van der Waals surface area contributed by atoms with Crippen LogP contribution in [0.15, 0.2) is 0 Å². The number of nitrogens with one attached hydrogen (secondary N) is 4. The van der Waals surface area contributed by atoms with E-state index in [0.29, 0.717) is 6.42 Å². The van der Waals surface area contributed by atoms with Crippen molar-refractivity contribution in [2.24, 2.45) is 5.84 Å². The van der Waals surface area contributed by atoms with Gasteiger partial charge in [-0.1, -0.05) is 89.9 Å². The van der Waals surface area contributed by atoms with E-state index in [1.807, 2.05) is 5.43 Å². The normalized spacial score (nSPS) is 12.6. The van der Waals surface area contributed by atoms with Gasteiger partial charge in [0.15, 0.2) is 0 Å². The Morgan fingerprint density at radius 2 is 0.615 bits per heavy atom. The fraction of sp³-hybridized carbons (Fsp3) is 0.771. The molecule has 52 heavy (non-hydrogen) atoms. The smallest absolute Gasteiger partial charge is 0.326 e. The third-order valence-electron chi connectivity index (χ3n) is 8.59. The van der Waals surface area contributed by atoms with Crippen LogP contribution < -0.4 is 27.2 Å². The van der Waals surface area contributed by atoms with Gasteiger partial charge in [0.2, 0.25) is 23.6 Å². The highest BCUT2D eigenvalue weighted by molar-refractivity contribution is 5.87. The van der Waals surface area contributed by atoms with Crippen LogP contribution in [0, 0.1) is 0 Å². The molecule has 0 aliphatic rings. The number of amides is 4. The second kappa shape index (κ2) is 30.4. The molecule has 0 spiro atoms. The summed E-state index contributed by atoms with van der Waals surface area (Å²) in [4.78, 5) is 93.3. The van der Waals surface area contributed by atoms with Crippen LogP contribution >= 0.6 is 0 Å². The number of hydrazine groups is 1. The lowest BCUT2D eigenvalue weighted by Gasteiger charge is -2.18. The standard InChI is InChI=1S/C35H61N5O12/c36-40-31(44)24-21-27(35(51)52)39-30(43)23-20-26(34(49)50)38-29(42)22-19-25(33(47)48)37-28(41)17-15-13-11-9-7-5-3-1-2-4-6-8-10-12-14-16-18-32(45)46/h25-27H,1-24,36H2,(H,37,41)(H,38,42)(H,39,43)(H,40,44)(H,45,46)(H,47,48)(H,49,50)(H,51,52)/t25-,26-,27-/m0/s1. The van der Waals surface area contributed by atoms with E-state index in [0.717, 1.165) is 44.9 Å². The Labute approximate surface area is 305 Å². The molecule has 0 fully saturated rings. The average Bonchev–Trinajstić information content (AvgIpc) is 3.08. The molecule has 0 aliphatic heterocycles. The van der Waals surface area contributed by atoms with Gasteiger partial charge < -0.3 is 36.4 Å². The van der Waals surface area contributed by atoms with Crippen molar-refractivity contribution in [2.45, 2.75) is 172 Å². The first-order chi connectivity index (χ1) is 24.8. The molecule has 0 aliphatic carbocycles. The number of carbonyl (C=O) groups excluding carboxylic acids is 4. The second-order valence-electron chi connectivity index (χ2n) is 13.1. The molecule has 0 saturated carbocycles. The van der Waals surface area contributed by atoms with Gasteiger partial charge in [-0.25, -0.2) is 20.2 Å². The molecule has 0 aromatic heterocycles. The molecule has 4 amide bonds. The summed E-state index contributed by atoms with van der Waals surface area (Å²) < 4.78 is 0. The minimum Gasteiger partial charge on any atom is -0.481 e. The molecule has 0 rings (SSSR count). The molecule has 10 N–H and O–H groups in total. The van der Waals surface area contributed by atoms with Crippen molar-refractivity contribution in [3.05, 3.63) is 0 Å². The van der Waals surface area contributed by atoms with Crippen LogP contribution in [0.2, 0.25) is 0 Å². The van der Waals surface area contributed by atoms with Crippen molar-refractivity contribution in [2.75, 3.05) is 0 Å². The first-order valence-electron chi connectivity index (χ1n) is 18.5. The molecular weight excluding hydrogens is 682 g/mol. The summed E-state index contributed by atoms with van der Waals surface area (Å²) in [5, 5.41) is 43.6. The molecule has 0 heterocycles. The maximum atomic E-state index is 12.4. The molecule has 3 atom stereocenters. The Hall–Kier alpha value is -4.28. The van der Waals surface area contributed by atoms with Gasteiger partial charge in [-0.2, -0.15) is 0 Å². The number of hydrogen-bond acceptors (Lipinski definition) is 9. The highest BCUT2D eigenvalue weighted by atomic mass is 16.4. The Morgan fingerprint density at radius 3 is 0.885 bits per heavy atom. The third-order valence-corrected chi connectivity index (χ3v) is 8.59. The van der Waals surface area contributed by atoms with E-state index in [1.54, 1.807) is 0 Å². The highest BCUT2D eigenvalue weighted by Gasteiger charge is 2.26. The lowest BCUT2D eigenvalue weighted by Crippen LogP contribution is -2.45. The van der Waals surface area contributed by atoms with Crippen molar-refractivity contribution in [1.82, 2.24) is 21.4 Å². The molecule has 0 unspecified atom stereocenters. The Kier molecular flexibility index (Phi) is 27.9. The van der Waals surface area contributed by atoms with Gasteiger partial charge in [0.25, 0.3) is 0 Å². The summed E-state index contributed by atoms with van der Waals surface area (Å²) in [5.41, 5.74) is 1.83. The number of hydrogen-bond donors (Lipinski definition) is 9. The largest absolute Gasteiger partial charge is 0.481 e. The molecule has 0 saturated heterocycles. The van der Waals surface area contributed by atoms with Gasteiger partial charge >= 0.3 is 23.9 Å². The van der Waals surface area contributed by atoms with Gasteiger partial charge in [-0.3, -0.25) is 29.4 Å². The van der Waals surface area contributed by atoms with Crippen molar-refractivity contribution >= 4 is 47.5 Å². The van der Waals surface area contributed by atoms with Crippen LogP contribution in [0.3, 0.4) is 0 Å². The Bertz CT molecular complexity index is 1120. The second-order valence-corrected chi connectivity index (χ2v) is 13.1. The van der Waals surface area contributed by atoms with Crippen LogP contribution in [-0.4, -0.2) is 86.1 Å². The van der Waals surface area contributed by atoms with E-state index < -0.39 is 78.5 Å². The summed E-state index contributed by atoms with van der Waals surface area (Å²) in [6.07, 6.45) is 15.5. The summed E-state index contributed by atoms with van der Waals surface area (Å²) in [6, 6.07) is -4.28. The van der Waals surface area contributed by atoms with Gasteiger partial charge in [0.05, 0.1) is 0 Å². The van der Waals surface area contributed by atoms with Crippen LogP contribution in [0.4, 0.5) is 0 Å². The maximum absolute atomic E-state index is 12.4. The lowest BCUT2D eigenvalue weighted by molar-refractivity contribution is -0.144. The molecule has 17 heteroatoms. The number of rotatable bonds is 34. The van der Waals surface area contributed by atoms with Gasteiger partial charge in [-0.15, -0.1) is 0 Å². The molecule has 298 valence electrons. The summed E-state index contributed by atoms with van der Waals surface area (Å²) in [7, 11) is 0. The van der Waals surface area contributed by atoms with Crippen molar-refractivity contribution in [1.29, 1.82) is 0 Å².